The Kier molecular flexibility index (Phi) is 4.78. The molecule has 1 heterocycles. The lowest BCUT2D eigenvalue weighted by atomic mass is 10.1. The van der Waals surface area contributed by atoms with Gasteiger partial charge in [-0.3, -0.25) is 0 Å². The van der Waals surface area contributed by atoms with Crippen molar-refractivity contribution in [2.75, 3.05) is 14.2 Å². The van der Waals surface area contributed by atoms with Crippen molar-refractivity contribution in [2.24, 2.45) is 0 Å². The maximum Gasteiger partial charge on any atom is 0.125 e. The summed E-state index contributed by atoms with van der Waals surface area (Å²) in [5.74, 6) is 1.09. The predicted molar refractivity (Wildman–Crippen MR) is 60.8 cm³/mol. The number of imidazole rings is 1. The fourth-order valence-corrected chi connectivity index (χ4v) is 1.68. The molecule has 0 aromatic carbocycles. The second kappa shape index (κ2) is 5.88. The van der Waals surface area contributed by atoms with Crippen LogP contribution in [-0.2, 0) is 11.3 Å². The van der Waals surface area contributed by atoms with Gasteiger partial charge in [-0.25, -0.2) is 4.98 Å². The van der Waals surface area contributed by atoms with Gasteiger partial charge in [-0.1, -0.05) is 0 Å². The van der Waals surface area contributed by atoms with Gasteiger partial charge < -0.3 is 14.6 Å². The first kappa shape index (κ1) is 12.2. The second-order valence-corrected chi connectivity index (χ2v) is 3.69. The summed E-state index contributed by atoms with van der Waals surface area (Å²) < 4.78 is 7.43. The van der Waals surface area contributed by atoms with E-state index in [9.17, 15) is 0 Å². The number of methoxy groups -OCH3 is 1. The molecule has 0 bridgehead atoms. The highest BCUT2D eigenvalue weighted by molar-refractivity contribution is 4.99. The fraction of sp³-hybridized carbons (Fsp3) is 0.727. The van der Waals surface area contributed by atoms with Crippen molar-refractivity contribution in [3.05, 3.63) is 18.2 Å². The molecule has 0 fully saturated rings. The summed E-state index contributed by atoms with van der Waals surface area (Å²) in [6.45, 7) is 5.15. The van der Waals surface area contributed by atoms with Gasteiger partial charge >= 0.3 is 0 Å². The van der Waals surface area contributed by atoms with Gasteiger partial charge in [0.15, 0.2) is 0 Å². The van der Waals surface area contributed by atoms with Crippen LogP contribution >= 0.6 is 0 Å². The van der Waals surface area contributed by atoms with Gasteiger partial charge in [-0.2, -0.15) is 0 Å². The van der Waals surface area contributed by atoms with Gasteiger partial charge in [0.2, 0.25) is 0 Å². The van der Waals surface area contributed by atoms with Crippen LogP contribution in [0.2, 0.25) is 0 Å². The summed E-state index contributed by atoms with van der Waals surface area (Å²) in [6.07, 6.45) is 5.03. The third kappa shape index (κ3) is 3.04. The van der Waals surface area contributed by atoms with Crippen LogP contribution in [0.1, 0.15) is 32.1 Å². The van der Waals surface area contributed by atoms with Crippen LogP contribution in [0.5, 0.6) is 0 Å². The van der Waals surface area contributed by atoms with Gasteiger partial charge in [0.25, 0.3) is 0 Å². The van der Waals surface area contributed by atoms with Gasteiger partial charge in [-0.05, 0) is 27.3 Å². The Morgan fingerprint density at radius 3 is 2.87 bits per heavy atom. The molecule has 0 aliphatic rings. The van der Waals surface area contributed by atoms with E-state index in [2.05, 4.69) is 28.7 Å². The smallest absolute Gasteiger partial charge is 0.125 e. The molecule has 2 unspecified atom stereocenters. The quantitative estimate of drug-likeness (QED) is 0.776. The zero-order valence-electron chi connectivity index (χ0n) is 10.0. The summed E-state index contributed by atoms with van der Waals surface area (Å²) in [6, 6.07) is 0.259. The number of hydrogen-bond acceptors (Lipinski definition) is 3. The number of aromatic nitrogens is 2. The fourth-order valence-electron chi connectivity index (χ4n) is 1.68. The Balaban J connectivity index is 2.73. The Hall–Kier alpha value is -0.870. The van der Waals surface area contributed by atoms with Crippen molar-refractivity contribution in [3.63, 3.8) is 0 Å². The third-order valence-corrected chi connectivity index (χ3v) is 2.72. The lowest BCUT2D eigenvalue weighted by molar-refractivity contribution is 0.0999. The van der Waals surface area contributed by atoms with Crippen molar-refractivity contribution in [1.82, 2.24) is 14.9 Å². The van der Waals surface area contributed by atoms with Gasteiger partial charge in [0.05, 0.1) is 12.1 Å². The first-order valence-electron chi connectivity index (χ1n) is 5.44. The molecule has 1 N–H and O–H groups in total. The van der Waals surface area contributed by atoms with Crippen LogP contribution in [0.4, 0.5) is 0 Å². The van der Waals surface area contributed by atoms with E-state index in [4.69, 9.17) is 4.74 Å². The molecule has 1 rings (SSSR count). The zero-order chi connectivity index (χ0) is 11.3. The van der Waals surface area contributed by atoms with E-state index < -0.39 is 0 Å². The largest absolute Gasteiger partial charge is 0.382 e. The van der Waals surface area contributed by atoms with Crippen LogP contribution in [0, 0.1) is 0 Å². The second-order valence-electron chi connectivity index (χ2n) is 3.69. The van der Waals surface area contributed by atoms with E-state index in [1.54, 1.807) is 7.11 Å². The Bertz CT molecular complexity index is 285. The maximum absolute atomic E-state index is 5.28. The van der Waals surface area contributed by atoms with Crippen molar-refractivity contribution in [3.8, 4) is 0 Å². The number of ether oxygens (including phenoxy) is 1. The highest BCUT2D eigenvalue weighted by atomic mass is 16.5. The standard InChI is InChI=1S/C11H21N3O/c1-5-14-7-6-13-11(14)10(12-3)8-9(2)15-4/h6-7,9-10,12H,5,8H2,1-4H3. The molecular weight excluding hydrogens is 190 g/mol. The Labute approximate surface area is 91.7 Å². The van der Waals surface area contributed by atoms with Crippen LogP contribution < -0.4 is 5.32 Å². The Morgan fingerprint density at radius 1 is 1.60 bits per heavy atom. The first-order chi connectivity index (χ1) is 7.22. The van der Waals surface area contributed by atoms with Gasteiger partial charge in [0, 0.05) is 26.0 Å². The molecule has 1 aromatic heterocycles. The number of nitrogens with one attached hydrogen (secondary N) is 1. The molecule has 4 nitrogen and oxygen atoms in total. The number of rotatable bonds is 6. The van der Waals surface area contributed by atoms with Gasteiger partial charge in [-0.15, -0.1) is 0 Å². The van der Waals surface area contributed by atoms with E-state index in [0.29, 0.717) is 0 Å². The van der Waals surface area contributed by atoms with Crippen molar-refractivity contribution >= 4 is 0 Å². The number of nitrogens with zero attached hydrogens (tertiary/aromatic N) is 2. The summed E-state index contributed by atoms with van der Waals surface area (Å²) in [5, 5.41) is 3.28. The van der Waals surface area contributed by atoms with E-state index in [0.717, 1.165) is 18.8 Å². The van der Waals surface area contributed by atoms with Crippen LogP contribution in [0.3, 0.4) is 0 Å². The Morgan fingerprint density at radius 2 is 2.33 bits per heavy atom. The maximum atomic E-state index is 5.28. The summed E-state index contributed by atoms with van der Waals surface area (Å²) >= 11 is 0. The van der Waals surface area contributed by atoms with E-state index in [1.165, 1.54) is 0 Å². The lowest BCUT2D eigenvalue weighted by Crippen LogP contribution is -2.25. The summed E-state index contributed by atoms with van der Waals surface area (Å²) in [7, 11) is 3.70. The molecule has 0 spiro atoms. The van der Waals surface area contributed by atoms with Crippen LogP contribution in [0.25, 0.3) is 0 Å². The van der Waals surface area contributed by atoms with E-state index >= 15 is 0 Å². The molecule has 0 aliphatic carbocycles. The molecule has 86 valence electrons. The minimum atomic E-state index is 0.240. The summed E-state index contributed by atoms with van der Waals surface area (Å²) in [4.78, 5) is 4.39. The predicted octanol–water partition coefficient (Wildman–Crippen LogP) is 1.59. The van der Waals surface area contributed by atoms with Crippen LogP contribution in [0.15, 0.2) is 12.4 Å². The zero-order valence-corrected chi connectivity index (χ0v) is 10.0. The highest BCUT2D eigenvalue weighted by Gasteiger charge is 2.17. The molecule has 4 heteroatoms. The SMILES string of the molecule is CCn1ccnc1C(CC(C)OC)NC. The monoisotopic (exact) mass is 211 g/mol. The molecule has 0 amide bonds. The highest BCUT2D eigenvalue weighted by Crippen LogP contribution is 2.17. The van der Waals surface area contributed by atoms with E-state index in [-0.39, 0.29) is 12.1 Å². The molecule has 2 atom stereocenters. The molecule has 0 aliphatic heterocycles. The molecule has 0 saturated carbocycles. The van der Waals surface area contributed by atoms with Gasteiger partial charge in [0.1, 0.15) is 5.82 Å². The lowest BCUT2D eigenvalue weighted by Gasteiger charge is -2.20. The van der Waals surface area contributed by atoms with Crippen molar-refractivity contribution < 1.29 is 4.74 Å². The number of hydrogen-bond donors (Lipinski definition) is 1. The third-order valence-electron chi connectivity index (χ3n) is 2.72. The van der Waals surface area contributed by atoms with Crippen molar-refractivity contribution in [1.29, 1.82) is 0 Å². The minimum Gasteiger partial charge on any atom is -0.382 e. The molecule has 0 radical (unpaired) electrons. The minimum absolute atomic E-state index is 0.240. The topological polar surface area (TPSA) is 39.1 Å². The normalized spacial score (nSPS) is 15.2. The van der Waals surface area contributed by atoms with Crippen molar-refractivity contribution in [2.45, 2.75) is 39.0 Å². The molecule has 15 heavy (non-hydrogen) atoms. The number of aryl methyl sites for hydroxylation is 1. The first-order valence-corrected chi connectivity index (χ1v) is 5.44. The van der Waals surface area contributed by atoms with E-state index in [1.807, 2.05) is 19.4 Å². The molecule has 1 aromatic rings. The average molecular weight is 211 g/mol. The molecule has 0 saturated heterocycles. The average Bonchev–Trinajstić information content (AvgIpc) is 2.73. The summed E-state index contributed by atoms with van der Waals surface area (Å²) in [5.41, 5.74) is 0. The van der Waals surface area contributed by atoms with Crippen LogP contribution in [-0.4, -0.2) is 29.8 Å². The molecular formula is C11H21N3O.